The van der Waals surface area contributed by atoms with Crippen LogP contribution >= 0.6 is 11.6 Å². The fourth-order valence-electron chi connectivity index (χ4n) is 3.78. The first kappa shape index (κ1) is 24.8. The average Bonchev–Trinajstić information content (AvgIpc) is 3.35. The van der Waals surface area contributed by atoms with Crippen LogP contribution in [0, 0.1) is 6.92 Å². The molecule has 11 heteroatoms. The lowest BCUT2D eigenvalue weighted by Gasteiger charge is -2.26. The van der Waals surface area contributed by atoms with E-state index in [0.29, 0.717) is 22.7 Å². The molecule has 2 N–H and O–H groups in total. The zero-order valence-corrected chi connectivity index (χ0v) is 20.7. The van der Waals surface area contributed by atoms with Gasteiger partial charge in [-0.15, -0.1) is 0 Å². The lowest BCUT2D eigenvalue weighted by molar-refractivity contribution is -0.122. The summed E-state index contributed by atoms with van der Waals surface area (Å²) in [6, 6.07) is 15.5. The predicted octanol–water partition coefficient (Wildman–Crippen LogP) is 4.06. The second-order valence-electron chi connectivity index (χ2n) is 8.39. The summed E-state index contributed by atoms with van der Waals surface area (Å²) in [5.74, 6) is -0.933. The Bertz CT molecular complexity index is 1500. The summed E-state index contributed by atoms with van der Waals surface area (Å²) in [5, 5.41) is 5.05. The molecule has 0 bridgehead atoms. The second-order valence-corrected chi connectivity index (χ2v) is 8.80. The van der Waals surface area contributed by atoms with Crippen LogP contribution in [0.5, 0.6) is 17.2 Å². The molecule has 3 aromatic rings. The molecule has 38 heavy (non-hydrogen) atoms. The molecule has 1 saturated heterocycles. The van der Waals surface area contributed by atoms with Gasteiger partial charge in [0.1, 0.15) is 11.3 Å². The molecule has 2 aliphatic rings. The van der Waals surface area contributed by atoms with Crippen LogP contribution in [0.15, 0.2) is 66.2 Å². The second kappa shape index (κ2) is 10.3. The van der Waals surface area contributed by atoms with Crippen LogP contribution in [0.3, 0.4) is 0 Å². The minimum absolute atomic E-state index is 0.0282. The van der Waals surface area contributed by atoms with Crippen LogP contribution in [0.1, 0.15) is 11.1 Å². The molecule has 0 aliphatic carbocycles. The van der Waals surface area contributed by atoms with Gasteiger partial charge in [0.25, 0.3) is 17.7 Å². The largest absolute Gasteiger partial charge is 0.482 e. The SMILES string of the molecule is Cc1ccc(NC(=O)COc2ccc(/C=C3\C(=O)NC(=O)N(c4ccc5c(c4)OCO5)C3=O)cc2Cl)cc1. The van der Waals surface area contributed by atoms with Crippen LogP contribution in [0.2, 0.25) is 5.02 Å². The van der Waals surface area contributed by atoms with Crippen molar-refractivity contribution in [3.8, 4) is 17.2 Å². The molecule has 2 heterocycles. The summed E-state index contributed by atoms with van der Waals surface area (Å²) in [6.07, 6.45) is 1.31. The lowest BCUT2D eigenvalue weighted by Crippen LogP contribution is -2.54. The van der Waals surface area contributed by atoms with E-state index in [1.54, 1.807) is 24.3 Å². The van der Waals surface area contributed by atoms with Crippen molar-refractivity contribution in [2.24, 2.45) is 0 Å². The van der Waals surface area contributed by atoms with Crippen molar-refractivity contribution in [2.75, 3.05) is 23.6 Å². The zero-order chi connectivity index (χ0) is 26.8. The van der Waals surface area contributed by atoms with E-state index in [2.05, 4.69) is 10.6 Å². The maximum atomic E-state index is 13.2. The monoisotopic (exact) mass is 533 g/mol. The van der Waals surface area contributed by atoms with E-state index in [9.17, 15) is 19.2 Å². The Kier molecular flexibility index (Phi) is 6.71. The van der Waals surface area contributed by atoms with E-state index >= 15 is 0 Å². The molecule has 0 radical (unpaired) electrons. The number of imide groups is 2. The van der Waals surface area contributed by atoms with Gasteiger partial charge in [-0.25, -0.2) is 9.69 Å². The molecule has 3 aromatic carbocycles. The van der Waals surface area contributed by atoms with E-state index in [-0.39, 0.29) is 41.3 Å². The highest BCUT2D eigenvalue weighted by Crippen LogP contribution is 2.36. The van der Waals surface area contributed by atoms with Crippen molar-refractivity contribution in [3.63, 3.8) is 0 Å². The number of halogens is 1. The highest BCUT2D eigenvalue weighted by Gasteiger charge is 2.37. The summed E-state index contributed by atoms with van der Waals surface area (Å²) in [4.78, 5) is 51.1. The molecular formula is C27H20ClN3O7. The minimum atomic E-state index is -0.887. The normalized spacial score (nSPS) is 15.5. The molecular weight excluding hydrogens is 514 g/mol. The molecule has 1 fully saturated rings. The number of amides is 5. The minimum Gasteiger partial charge on any atom is -0.482 e. The van der Waals surface area contributed by atoms with Crippen LogP contribution in [-0.4, -0.2) is 37.2 Å². The quantitative estimate of drug-likeness (QED) is 0.362. The van der Waals surface area contributed by atoms with E-state index in [4.69, 9.17) is 25.8 Å². The third-order valence-electron chi connectivity index (χ3n) is 5.68. The fraction of sp³-hybridized carbons (Fsp3) is 0.111. The van der Waals surface area contributed by atoms with Gasteiger partial charge < -0.3 is 19.5 Å². The molecule has 0 saturated carbocycles. The Hall–Kier alpha value is -4.83. The van der Waals surface area contributed by atoms with Gasteiger partial charge in [-0.2, -0.15) is 0 Å². The molecule has 0 spiro atoms. The van der Waals surface area contributed by atoms with Crippen molar-refractivity contribution in [1.29, 1.82) is 0 Å². The molecule has 0 aromatic heterocycles. The van der Waals surface area contributed by atoms with Crippen LogP contribution < -0.4 is 29.7 Å². The smallest absolute Gasteiger partial charge is 0.335 e. The summed E-state index contributed by atoms with van der Waals surface area (Å²) < 4.78 is 16.1. The van der Waals surface area contributed by atoms with Gasteiger partial charge in [0.15, 0.2) is 18.1 Å². The van der Waals surface area contributed by atoms with Crippen molar-refractivity contribution in [2.45, 2.75) is 6.92 Å². The lowest BCUT2D eigenvalue weighted by atomic mass is 10.1. The van der Waals surface area contributed by atoms with Crippen LogP contribution in [-0.2, 0) is 14.4 Å². The molecule has 10 nitrogen and oxygen atoms in total. The van der Waals surface area contributed by atoms with Gasteiger partial charge in [-0.1, -0.05) is 35.4 Å². The Morgan fingerprint density at radius 2 is 1.82 bits per heavy atom. The molecule has 5 amide bonds. The molecule has 5 rings (SSSR count). The van der Waals surface area contributed by atoms with Crippen molar-refractivity contribution < 1.29 is 33.4 Å². The van der Waals surface area contributed by atoms with Crippen molar-refractivity contribution >= 4 is 52.8 Å². The number of aryl methyl sites for hydroxylation is 1. The first-order valence-electron chi connectivity index (χ1n) is 11.4. The fourth-order valence-corrected chi connectivity index (χ4v) is 4.03. The Balaban J connectivity index is 1.29. The topological polar surface area (TPSA) is 123 Å². The van der Waals surface area contributed by atoms with Gasteiger partial charge in [-0.05, 0) is 55.0 Å². The Morgan fingerprint density at radius 3 is 2.58 bits per heavy atom. The highest BCUT2D eigenvalue weighted by atomic mass is 35.5. The number of carbonyl (C=O) groups is 4. The first-order chi connectivity index (χ1) is 18.3. The van der Waals surface area contributed by atoms with E-state index < -0.39 is 17.8 Å². The van der Waals surface area contributed by atoms with Gasteiger partial charge in [-0.3, -0.25) is 19.7 Å². The molecule has 0 unspecified atom stereocenters. The molecule has 2 aliphatic heterocycles. The number of urea groups is 1. The van der Waals surface area contributed by atoms with E-state index in [1.165, 1.54) is 30.3 Å². The molecule has 0 atom stereocenters. The third kappa shape index (κ3) is 5.16. The zero-order valence-electron chi connectivity index (χ0n) is 19.9. The first-order valence-corrected chi connectivity index (χ1v) is 11.8. The average molecular weight is 534 g/mol. The van der Waals surface area contributed by atoms with Crippen molar-refractivity contribution in [3.05, 3.63) is 82.4 Å². The number of hydrogen-bond donors (Lipinski definition) is 2. The summed E-state index contributed by atoms with van der Waals surface area (Å²) >= 11 is 6.32. The van der Waals surface area contributed by atoms with Gasteiger partial charge in [0, 0.05) is 11.8 Å². The number of benzene rings is 3. The summed E-state index contributed by atoms with van der Waals surface area (Å²) in [7, 11) is 0. The Labute approximate surface area is 221 Å². The summed E-state index contributed by atoms with van der Waals surface area (Å²) in [5.41, 5.74) is 2.05. The number of anilines is 2. The molecule has 192 valence electrons. The number of hydrogen-bond acceptors (Lipinski definition) is 7. The van der Waals surface area contributed by atoms with Gasteiger partial charge in [0.05, 0.1) is 10.7 Å². The number of nitrogens with one attached hydrogen (secondary N) is 2. The number of fused-ring (bicyclic) bond motifs is 1. The van der Waals surface area contributed by atoms with Gasteiger partial charge in [0.2, 0.25) is 6.79 Å². The Morgan fingerprint density at radius 1 is 1.05 bits per heavy atom. The van der Waals surface area contributed by atoms with Crippen LogP contribution in [0.4, 0.5) is 16.2 Å². The van der Waals surface area contributed by atoms with Crippen LogP contribution in [0.25, 0.3) is 6.08 Å². The standard InChI is InChI=1S/C27H20ClN3O7/c1-15-2-5-17(6-3-15)29-24(32)13-36-21-8-4-16(11-20(21)28)10-19-25(33)30-27(35)31(26(19)34)18-7-9-22-23(12-18)38-14-37-22/h2-12H,13-14H2,1H3,(H,29,32)(H,30,33,35)/b19-10+. The predicted molar refractivity (Wildman–Crippen MR) is 138 cm³/mol. The maximum absolute atomic E-state index is 13.2. The van der Waals surface area contributed by atoms with E-state index in [1.807, 2.05) is 19.1 Å². The van der Waals surface area contributed by atoms with Crippen molar-refractivity contribution in [1.82, 2.24) is 5.32 Å². The summed E-state index contributed by atoms with van der Waals surface area (Å²) in [6.45, 7) is 1.70. The highest BCUT2D eigenvalue weighted by molar-refractivity contribution is 6.39. The number of ether oxygens (including phenoxy) is 3. The van der Waals surface area contributed by atoms with Gasteiger partial charge >= 0.3 is 6.03 Å². The number of carbonyl (C=O) groups excluding carboxylic acids is 4. The number of nitrogens with zero attached hydrogens (tertiary/aromatic N) is 1. The third-order valence-corrected chi connectivity index (χ3v) is 5.97. The van der Waals surface area contributed by atoms with E-state index in [0.717, 1.165) is 10.5 Å². The maximum Gasteiger partial charge on any atom is 0.335 e. The number of barbiturate groups is 1. The number of rotatable bonds is 6.